The van der Waals surface area contributed by atoms with Crippen LogP contribution in [0.2, 0.25) is 0 Å². The number of hydrogen-bond donors (Lipinski definition) is 2. The molecule has 0 aliphatic carbocycles. The molecular weight excluding hydrogens is 344 g/mol. The van der Waals surface area contributed by atoms with Crippen molar-refractivity contribution in [3.63, 3.8) is 0 Å². The Balaban J connectivity index is 1.65. The second-order valence-corrected chi connectivity index (χ2v) is 7.05. The molecule has 1 aromatic rings. The maximum Gasteiger partial charge on any atom is 0.191 e. The standard InChI is InChI=1S/C20H34N4O3/c1-16(2)14-24-9-11-27-19(15-24)13-23-20(21-3)22-8-10-26-18-7-5-6-17(12-18)25-4/h5-7,12,16,19H,8-11,13-15H2,1-4H3,(H2,21,22,23). The molecule has 1 unspecified atom stereocenters. The number of rotatable bonds is 9. The molecule has 0 radical (unpaired) electrons. The van der Waals surface area contributed by atoms with Crippen molar-refractivity contribution in [1.82, 2.24) is 15.5 Å². The molecule has 7 nitrogen and oxygen atoms in total. The van der Waals surface area contributed by atoms with E-state index in [4.69, 9.17) is 14.2 Å². The molecule has 1 fully saturated rings. The topological polar surface area (TPSA) is 67.4 Å². The lowest BCUT2D eigenvalue weighted by atomic mass is 10.2. The number of hydrogen-bond acceptors (Lipinski definition) is 5. The molecule has 0 bridgehead atoms. The molecule has 152 valence electrons. The Labute approximate surface area is 163 Å². The second-order valence-electron chi connectivity index (χ2n) is 7.05. The van der Waals surface area contributed by atoms with E-state index in [9.17, 15) is 0 Å². The highest BCUT2D eigenvalue weighted by Crippen LogP contribution is 2.18. The summed E-state index contributed by atoms with van der Waals surface area (Å²) in [6.45, 7) is 10.3. The Morgan fingerprint density at radius 2 is 2.15 bits per heavy atom. The summed E-state index contributed by atoms with van der Waals surface area (Å²) in [5.41, 5.74) is 0. The molecule has 27 heavy (non-hydrogen) atoms. The van der Waals surface area contributed by atoms with Crippen molar-refractivity contribution in [3.8, 4) is 11.5 Å². The van der Waals surface area contributed by atoms with Gasteiger partial charge in [-0.15, -0.1) is 0 Å². The molecule has 1 aliphatic rings. The van der Waals surface area contributed by atoms with Gasteiger partial charge >= 0.3 is 0 Å². The number of benzene rings is 1. The van der Waals surface area contributed by atoms with Gasteiger partial charge in [0.05, 0.1) is 26.4 Å². The molecule has 0 amide bonds. The van der Waals surface area contributed by atoms with Crippen molar-refractivity contribution in [1.29, 1.82) is 0 Å². The fraction of sp³-hybridized carbons (Fsp3) is 0.650. The first-order chi connectivity index (χ1) is 13.1. The minimum atomic E-state index is 0.184. The van der Waals surface area contributed by atoms with Gasteiger partial charge in [0, 0.05) is 39.3 Å². The lowest BCUT2D eigenvalue weighted by Crippen LogP contribution is -2.50. The number of methoxy groups -OCH3 is 1. The Morgan fingerprint density at radius 3 is 2.89 bits per heavy atom. The van der Waals surface area contributed by atoms with Crippen molar-refractivity contribution in [2.75, 3.05) is 60.1 Å². The van der Waals surface area contributed by atoms with E-state index in [2.05, 4.69) is 34.4 Å². The van der Waals surface area contributed by atoms with E-state index in [0.29, 0.717) is 19.1 Å². The first kappa shape index (κ1) is 21.3. The van der Waals surface area contributed by atoms with E-state index in [1.165, 1.54) is 0 Å². The molecule has 1 saturated heterocycles. The van der Waals surface area contributed by atoms with E-state index >= 15 is 0 Å². The largest absolute Gasteiger partial charge is 0.497 e. The van der Waals surface area contributed by atoms with Crippen LogP contribution in [0.1, 0.15) is 13.8 Å². The van der Waals surface area contributed by atoms with Crippen LogP contribution in [0, 0.1) is 5.92 Å². The van der Waals surface area contributed by atoms with Crippen LogP contribution in [0.25, 0.3) is 0 Å². The van der Waals surface area contributed by atoms with Crippen LogP contribution in [-0.4, -0.2) is 77.1 Å². The molecule has 1 heterocycles. The Bertz CT molecular complexity index is 580. The van der Waals surface area contributed by atoms with E-state index in [-0.39, 0.29) is 6.10 Å². The zero-order valence-electron chi connectivity index (χ0n) is 17.0. The summed E-state index contributed by atoms with van der Waals surface area (Å²) in [4.78, 5) is 6.73. The van der Waals surface area contributed by atoms with E-state index < -0.39 is 0 Å². The number of guanidine groups is 1. The molecule has 1 atom stereocenters. The summed E-state index contributed by atoms with van der Waals surface area (Å²) in [6.07, 6.45) is 0.184. The van der Waals surface area contributed by atoms with Crippen molar-refractivity contribution < 1.29 is 14.2 Å². The Hall–Kier alpha value is -1.99. The van der Waals surface area contributed by atoms with E-state index in [1.807, 2.05) is 24.3 Å². The SMILES string of the molecule is CN=C(NCCOc1cccc(OC)c1)NCC1CN(CC(C)C)CCO1. The highest BCUT2D eigenvalue weighted by molar-refractivity contribution is 5.79. The maximum atomic E-state index is 5.87. The highest BCUT2D eigenvalue weighted by atomic mass is 16.5. The summed E-state index contributed by atoms with van der Waals surface area (Å²) in [5.74, 6) is 3.02. The van der Waals surface area contributed by atoms with Crippen LogP contribution in [0.3, 0.4) is 0 Å². The number of aliphatic imine (C=N–C) groups is 1. The normalized spacial score (nSPS) is 18.4. The summed E-state index contributed by atoms with van der Waals surface area (Å²) < 4.78 is 16.8. The number of ether oxygens (including phenoxy) is 3. The molecule has 0 spiro atoms. The van der Waals surface area contributed by atoms with Gasteiger partial charge < -0.3 is 24.8 Å². The predicted octanol–water partition coefficient (Wildman–Crippen LogP) is 1.60. The maximum absolute atomic E-state index is 5.87. The number of nitrogens with zero attached hydrogens (tertiary/aromatic N) is 2. The molecule has 7 heteroatoms. The number of morpholine rings is 1. The number of nitrogens with one attached hydrogen (secondary N) is 2. The monoisotopic (exact) mass is 378 g/mol. The van der Waals surface area contributed by atoms with Crippen LogP contribution in [0.5, 0.6) is 11.5 Å². The van der Waals surface area contributed by atoms with Gasteiger partial charge in [0.25, 0.3) is 0 Å². The molecule has 0 saturated carbocycles. The zero-order valence-corrected chi connectivity index (χ0v) is 17.0. The summed E-state index contributed by atoms with van der Waals surface area (Å²) in [6, 6.07) is 7.59. The van der Waals surface area contributed by atoms with Crippen LogP contribution < -0.4 is 20.1 Å². The third-order valence-corrected chi connectivity index (χ3v) is 4.27. The van der Waals surface area contributed by atoms with Crippen molar-refractivity contribution in [2.24, 2.45) is 10.9 Å². The van der Waals surface area contributed by atoms with Gasteiger partial charge in [-0.2, -0.15) is 0 Å². The van der Waals surface area contributed by atoms with Gasteiger partial charge in [0.1, 0.15) is 18.1 Å². The molecule has 1 aromatic carbocycles. The van der Waals surface area contributed by atoms with Gasteiger partial charge in [-0.05, 0) is 18.1 Å². The van der Waals surface area contributed by atoms with Crippen LogP contribution in [0.15, 0.2) is 29.3 Å². The fourth-order valence-corrected chi connectivity index (χ4v) is 3.05. The van der Waals surface area contributed by atoms with Gasteiger partial charge in [-0.25, -0.2) is 0 Å². The highest BCUT2D eigenvalue weighted by Gasteiger charge is 2.20. The predicted molar refractivity (Wildman–Crippen MR) is 109 cm³/mol. The average Bonchev–Trinajstić information content (AvgIpc) is 2.67. The van der Waals surface area contributed by atoms with E-state index in [1.54, 1.807) is 14.2 Å². The molecule has 0 aromatic heterocycles. The second kappa shape index (κ2) is 11.7. The quantitative estimate of drug-likeness (QED) is 0.387. The van der Waals surface area contributed by atoms with Gasteiger partial charge in [-0.3, -0.25) is 9.89 Å². The smallest absolute Gasteiger partial charge is 0.191 e. The Morgan fingerprint density at radius 1 is 1.33 bits per heavy atom. The Kier molecular flexibility index (Phi) is 9.21. The van der Waals surface area contributed by atoms with Crippen molar-refractivity contribution >= 4 is 5.96 Å². The minimum Gasteiger partial charge on any atom is -0.497 e. The summed E-state index contributed by atoms with van der Waals surface area (Å²) in [5, 5.41) is 6.61. The van der Waals surface area contributed by atoms with Gasteiger partial charge in [0.15, 0.2) is 5.96 Å². The molecule has 2 N–H and O–H groups in total. The molecule has 2 rings (SSSR count). The first-order valence-corrected chi connectivity index (χ1v) is 9.66. The molecular formula is C20H34N4O3. The zero-order chi connectivity index (χ0) is 19.5. The average molecular weight is 379 g/mol. The van der Waals surface area contributed by atoms with Crippen LogP contribution >= 0.6 is 0 Å². The van der Waals surface area contributed by atoms with Crippen LogP contribution in [0.4, 0.5) is 0 Å². The van der Waals surface area contributed by atoms with Crippen molar-refractivity contribution in [2.45, 2.75) is 20.0 Å². The first-order valence-electron chi connectivity index (χ1n) is 9.66. The van der Waals surface area contributed by atoms with Gasteiger partial charge in [0.2, 0.25) is 0 Å². The summed E-state index contributed by atoms with van der Waals surface area (Å²) in [7, 11) is 3.42. The van der Waals surface area contributed by atoms with Crippen molar-refractivity contribution in [3.05, 3.63) is 24.3 Å². The lowest BCUT2D eigenvalue weighted by molar-refractivity contribution is -0.0284. The van der Waals surface area contributed by atoms with E-state index in [0.717, 1.165) is 50.2 Å². The van der Waals surface area contributed by atoms with Gasteiger partial charge in [-0.1, -0.05) is 19.9 Å². The lowest BCUT2D eigenvalue weighted by Gasteiger charge is -2.34. The molecule has 1 aliphatic heterocycles. The third-order valence-electron chi connectivity index (χ3n) is 4.27. The summed E-state index contributed by atoms with van der Waals surface area (Å²) >= 11 is 0. The fourth-order valence-electron chi connectivity index (χ4n) is 3.05. The minimum absolute atomic E-state index is 0.184. The third kappa shape index (κ3) is 8.05. The van der Waals surface area contributed by atoms with Crippen LogP contribution in [-0.2, 0) is 4.74 Å².